The van der Waals surface area contributed by atoms with Crippen LogP contribution in [0.5, 0.6) is 0 Å². The lowest BCUT2D eigenvalue weighted by Gasteiger charge is -1.95. The Balaban J connectivity index is 4.39. The minimum atomic E-state index is -2.78. The molecule has 1 unspecified atom stereocenters. The van der Waals surface area contributed by atoms with E-state index in [-0.39, 0.29) is 0 Å². The van der Waals surface area contributed by atoms with Crippen molar-refractivity contribution in [1.29, 1.82) is 0 Å². The molecule has 0 radical (unpaired) electrons. The molecule has 6 nitrogen and oxygen atoms in total. The smallest absolute Gasteiger partial charge is 0.332 e. The van der Waals surface area contributed by atoms with E-state index < -0.39 is 29.1 Å². The van der Waals surface area contributed by atoms with Crippen LogP contribution in [0.25, 0.3) is 0 Å². The van der Waals surface area contributed by atoms with Crippen molar-refractivity contribution >= 4 is 16.5 Å². The zero-order valence-electron chi connectivity index (χ0n) is 4.76. The van der Waals surface area contributed by atoms with Gasteiger partial charge in [0.1, 0.15) is 0 Å². The summed E-state index contributed by atoms with van der Waals surface area (Å²) in [6.07, 6.45) is 0. The average Bonchev–Trinajstić information content (AvgIpc) is 1.81. The second kappa shape index (κ2) is 3.96. The Morgan fingerprint density at radius 2 is 2.10 bits per heavy atom. The Kier molecular flexibility index (Phi) is 3.59. The number of nitrogens with zero attached hydrogens (tertiary/aromatic N) is 1. The normalized spacial score (nSPS) is 12.1. The third-order valence-electron chi connectivity index (χ3n) is 0.671. The molecular weight excluding hydrogens is 162 g/mol. The topological polar surface area (TPSA) is 104 Å². The molecule has 0 spiro atoms. The number of aliphatic hydroxyl groups excluding tert-OH is 1. The fraction of sp³-hybridized carbons (Fsp3) is 0.667. The summed E-state index contributed by atoms with van der Waals surface area (Å²) in [5.41, 5.74) is 0. The predicted octanol–water partition coefficient (Wildman–Crippen LogP) is -1.51. The highest BCUT2D eigenvalue weighted by Gasteiger charge is 2.14. The molecule has 0 aliphatic rings. The van der Waals surface area contributed by atoms with Gasteiger partial charge in [0.2, 0.25) is 0 Å². The minimum absolute atomic E-state index is 0.816. The molecule has 0 aromatic carbocycles. The third kappa shape index (κ3) is 3.15. The zero-order chi connectivity index (χ0) is 8.15. The van der Waals surface area contributed by atoms with E-state index in [2.05, 4.69) is 4.36 Å². The van der Waals surface area contributed by atoms with Crippen LogP contribution in [0, 0.1) is 0 Å². The van der Waals surface area contributed by atoms with Gasteiger partial charge in [0.15, 0.2) is 6.04 Å². The number of aliphatic hydroxyl groups is 1. The van der Waals surface area contributed by atoms with Crippen LogP contribution in [0.15, 0.2) is 4.36 Å². The molecule has 0 saturated heterocycles. The van der Waals surface area contributed by atoms with Gasteiger partial charge in [-0.1, -0.05) is 0 Å². The van der Waals surface area contributed by atoms with Gasteiger partial charge in [-0.25, -0.2) is 4.79 Å². The summed E-state index contributed by atoms with van der Waals surface area (Å²) in [4.78, 5) is 9.94. The van der Waals surface area contributed by atoms with Crippen molar-refractivity contribution < 1.29 is 23.4 Å². The first-order valence-corrected chi connectivity index (χ1v) is 3.25. The van der Waals surface area contributed by atoms with Crippen molar-refractivity contribution in [3.05, 3.63) is 0 Å². The summed E-state index contributed by atoms with van der Waals surface area (Å²) in [6, 6.07) is -1.57. The van der Waals surface area contributed by atoms with Crippen LogP contribution >= 0.6 is 0 Å². The summed E-state index contributed by atoms with van der Waals surface area (Å²) in [7, 11) is -2.78. The third-order valence-corrected chi connectivity index (χ3v) is 1.10. The van der Waals surface area contributed by atoms with E-state index in [0.29, 0.717) is 0 Å². The molecule has 0 heterocycles. The van der Waals surface area contributed by atoms with E-state index >= 15 is 0 Å². The van der Waals surface area contributed by atoms with Crippen molar-refractivity contribution in [1.82, 2.24) is 0 Å². The highest BCUT2D eigenvalue weighted by Crippen LogP contribution is 1.87. The maximum Gasteiger partial charge on any atom is 0.332 e. The summed E-state index contributed by atoms with van der Waals surface area (Å²) < 4.78 is 22.1. The van der Waals surface area contributed by atoms with Crippen LogP contribution in [0.3, 0.4) is 0 Å². The molecule has 0 saturated carbocycles. The number of aliphatic carboxylic acids is 1. The van der Waals surface area contributed by atoms with E-state index in [4.69, 9.17) is 10.2 Å². The number of carbonyl (C=O) groups is 1. The lowest BCUT2D eigenvalue weighted by Crippen LogP contribution is -2.21. The molecule has 58 valence electrons. The van der Waals surface area contributed by atoms with Gasteiger partial charge >= 0.3 is 16.5 Å². The van der Waals surface area contributed by atoms with Crippen LogP contribution in [-0.4, -0.2) is 37.2 Å². The van der Waals surface area contributed by atoms with Crippen molar-refractivity contribution in [3.8, 4) is 0 Å². The first-order valence-electron chi connectivity index (χ1n) is 2.21. The first-order chi connectivity index (χ1) is 4.57. The fourth-order valence-electron chi connectivity index (χ4n) is 0.260. The van der Waals surface area contributed by atoms with E-state index in [0.717, 1.165) is 0 Å². The standard InChI is InChI=1S/C3H5NO5S/c5-1-2(3(6)7)4-10(8)9/h2,5H,1H2,(H,6,7). The largest absolute Gasteiger partial charge is 0.480 e. The summed E-state index contributed by atoms with van der Waals surface area (Å²) in [5, 5.41) is 16.3. The van der Waals surface area contributed by atoms with Gasteiger partial charge in [-0.3, -0.25) is 0 Å². The molecule has 10 heavy (non-hydrogen) atoms. The van der Waals surface area contributed by atoms with Crippen LogP contribution < -0.4 is 0 Å². The molecule has 0 aromatic heterocycles. The lowest BCUT2D eigenvalue weighted by molar-refractivity contribution is -0.139. The minimum Gasteiger partial charge on any atom is -0.480 e. The first kappa shape index (κ1) is 9.05. The molecule has 0 rings (SSSR count). The van der Waals surface area contributed by atoms with Crippen LogP contribution in [0.2, 0.25) is 0 Å². The van der Waals surface area contributed by atoms with Gasteiger partial charge in [-0.2, -0.15) is 12.8 Å². The molecule has 0 aliphatic heterocycles. The molecule has 2 N–H and O–H groups in total. The summed E-state index contributed by atoms with van der Waals surface area (Å²) in [6.45, 7) is -0.816. The average molecular weight is 167 g/mol. The molecule has 0 fully saturated rings. The Labute approximate surface area is 57.8 Å². The van der Waals surface area contributed by atoms with E-state index in [1.54, 1.807) is 0 Å². The monoisotopic (exact) mass is 167 g/mol. The molecule has 1 atom stereocenters. The van der Waals surface area contributed by atoms with Crippen molar-refractivity contribution in [3.63, 3.8) is 0 Å². The second-order valence-electron chi connectivity index (χ2n) is 1.36. The Morgan fingerprint density at radius 3 is 2.20 bits per heavy atom. The Hall–Kier alpha value is -0.950. The van der Waals surface area contributed by atoms with Crippen molar-refractivity contribution in [2.75, 3.05) is 6.61 Å². The van der Waals surface area contributed by atoms with Crippen molar-refractivity contribution in [2.24, 2.45) is 4.36 Å². The van der Waals surface area contributed by atoms with Gasteiger partial charge in [0.05, 0.1) is 6.61 Å². The fourth-order valence-corrected chi connectivity index (χ4v) is 0.625. The van der Waals surface area contributed by atoms with Crippen LogP contribution in [-0.2, 0) is 15.3 Å². The lowest BCUT2D eigenvalue weighted by atomic mass is 10.3. The Bertz CT molecular complexity index is 234. The van der Waals surface area contributed by atoms with Crippen LogP contribution in [0.1, 0.15) is 0 Å². The highest BCUT2D eigenvalue weighted by atomic mass is 32.2. The summed E-state index contributed by atoms with van der Waals surface area (Å²) >= 11 is 0. The Morgan fingerprint density at radius 1 is 1.60 bits per heavy atom. The summed E-state index contributed by atoms with van der Waals surface area (Å²) in [5.74, 6) is -1.47. The van der Waals surface area contributed by atoms with E-state index in [1.165, 1.54) is 0 Å². The molecular formula is C3H5NO5S. The maximum absolute atomic E-state index is 9.94. The predicted molar refractivity (Wildman–Crippen MR) is 29.9 cm³/mol. The van der Waals surface area contributed by atoms with Crippen molar-refractivity contribution in [2.45, 2.75) is 6.04 Å². The number of hydrogen-bond donors (Lipinski definition) is 2. The maximum atomic E-state index is 9.94. The van der Waals surface area contributed by atoms with Gasteiger partial charge in [-0.05, 0) is 0 Å². The number of carboxylic acids is 1. The highest BCUT2D eigenvalue weighted by molar-refractivity contribution is 7.61. The van der Waals surface area contributed by atoms with Gasteiger partial charge in [-0.15, -0.1) is 0 Å². The van der Waals surface area contributed by atoms with Gasteiger partial charge in [0, 0.05) is 0 Å². The van der Waals surface area contributed by atoms with E-state index in [9.17, 15) is 13.2 Å². The number of carboxylic acid groups (broad SMARTS) is 1. The van der Waals surface area contributed by atoms with Gasteiger partial charge in [0.25, 0.3) is 0 Å². The molecule has 0 amide bonds. The number of rotatable bonds is 3. The number of hydrogen-bond acceptors (Lipinski definition) is 5. The second-order valence-corrected chi connectivity index (χ2v) is 2.00. The molecule has 0 aromatic rings. The van der Waals surface area contributed by atoms with E-state index in [1.807, 2.05) is 0 Å². The molecule has 0 bridgehead atoms. The van der Waals surface area contributed by atoms with Gasteiger partial charge < -0.3 is 10.2 Å². The zero-order valence-corrected chi connectivity index (χ0v) is 5.58. The SMILES string of the molecule is O=C(O)C(CO)N=S(=O)=O. The molecule has 0 aliphatic carbocycles. The van der Waals surface area contributed by atoms with Crippen LogP contribution in [0.4, 0.5) is 0 Å². The molecule has 7 heteroatoms. The quantitative estimate of drug-likeness (QED) is 0.532.